The Morgan fingerprint density at radius 2 is 1.88 bits per heavy atom. The third kappa shape index (κ3) is 3.66. The summed E-state index contributed by atoms with van der Waals surface area (Å²) in [5.74, 6) is 2.49. The number of ether oxygens (including phenoxy) is 1. The molecule has 1 aromatic heterocycles. The topological polar surface area (TPSA) is 52.0 Å². The van der Waals surface area contributed by atoms with E-state index in [4.69, 9.17) is 16.3 Å². The van der Waals surface area contributed by atoms with Crippen molar-refractivity contribution in [3.8, 4) is 5.69 Å². The summed E-state index contributed by atoms with van der Waals surface area (Å²) in [4.78, 5) is 0. The molecule has 140 valence electrons. The van der Waals surface area contributed by atoms with Crippen LogP contribution in [0.1, 0.15) is 69.6 Å². The molecule has 0 amide bonds. The van der Waals surface area contributed by atoms with Crippen LogP contribution in [0.15, 0.2) is 18.2 Å². The van der Waals surface area contributed by atoms with Crippen molar-refractivity contribution < 1.29 is 4.74 Å². The molecule has 1 saturated carbocycles. The number of benzene rings is 1. The summed E-state index contributed by atoms with van der Waals surface area (Å²) in [5.41, 5.74) is 2.28. The van der Waals surface area contributed by atoms with Gasteiger partial charge in [0.15, 0.2) is 5.82 Å². The van der Waals surface area contributed by atoms with Crippen LogP contribution < -0.4 is 5.32 Å². The van der Waals surface area contributed by atoms with Crippen LogP contribution >= 0.6 is 11.6 Å². The lowest BCUT2D eigenvalue weighted by atomic mass is 9.86. The minimum absolute atomic E-state index is 0.0761. The maximum absolute atomic E-state index is 6.21. The molecule has 0 saturated heterocycles. The Morgan fingerprint density at radius 1 is 1.12 bits per heavy atom. The lowest BCUT2D eigenvalue weighted by Gasteiger charge is -2.33. The Morgan fingerprint density at radius 3 is 2.62 bits per heavy atom. The maximum Gasteiger partial charge on any atom is 0.151 e. The van der Waals surface area contributed by atoms with Crippen molar-refractivity contribution in [2.75, 3.05) is 0 Å². The van der Waals surface area contributed by atoms with Crippen LogP contribution in [0, 0.1) is 0 Å². The molecule has 0 radical (unpaired) electrons. The van der Waals surface area contributed by atoms with Gasteiger partial charge in [0.1, 0.15) is 5.82 Å². The molecular weight excluding hydrogens is 348 g/mol. The first-order valence-electron chi connectivity index (χ1n) is 9.52. The van der Waals surface area contributed by atoms with Gasteiger partial charge in [-0.25, -0.2) is 0 Å². The average molecular weight is 375 g/mol. The van der Waals surface area contributed by atoms with Crippen molar-refractivity contribution in [3.63, 3.8) is 0 Å². The second-order valence-electron chi connectivity index (χ2n) is 8.39. The number of hydrogen-bond acceptors (Lipinski definition) is 4. The zero-order chi connectivity index (χ0) is 18.3. The van der Waals surface area contributed by atoms with Crippen LogP contribution in [-0.2, 0) is 17.8 Å². The third-order valence-electron chi connectivity index (χ3n) is 5.20. The predicted molar refractivity (Wildman–Crippen MR) is 103 cm³/mol. The van der Waals surface area contributed by atoms with Crippen molar-refractivity contribution in [1.29, 1.82) is 0 Å². The molecule has 1 aliphatic heterocycles. The molecule has 0 bridgehead atoms. The van der Waals surface area contributed by atoms with Crippen LogP contribution in [0.4, 0.5) is 0 Å². The highest BCUT2D eigenvalue weighted by Gasteiger charge is 2.31. The highest BCUT2D eigenvalue weighted by Crippen LogP contribution is 2.36. The van der Waals surface area contributed by atoms with E-state index in [0.29, 0.717) is 12.0 Å². The molecule has 0 spiro atoms. The normalized spacial score (nSPS) is 23.2. The Hall–Kier alpha value is -1.43. The summed E-state index contributed by atoms with van der Waals surface area (Å²) < 4.78 is 8.43. The molecule has 1 fully saturated rings. The van der Waals surface area contributed by atoms with Crippen molar-refractivity contribution >= 4 is 11.6 Å². The fourth-order valence-electron chi connectivity index (χ4n) is 4.13. The van der Waals surface area contributed by atoms with Gasteiger partial charge in [0, 0.05) is 17.5 Å². The van der Waals surface area contributed by atoms with E-state index in [0.717, 1.165) is 61.1 Å². The van der Waals surface area contributed by atoms with Crippen LogP contribution in [0.2, 0.25) is 5.02 Å². The summed E-state index contributed by atoms with van der Waals surface area (Å²) in [6.07, 6.45) is 4.70. The molecule has 4 rings (SSSR count). The highest BCUT2D eigenvalue weighted by molar-refractivity contribution is 6.30. The van der Waals surface area contributed by atoms with Gasteiger partial charge < -0.3 is 10.1 Å². The third-order valence-corrected chi connectivity index (χ3v) is 5.43. The summed E-state index contributed by atoms with van der Waals surface area (Å²) in [6, 6.07) is 6.08. The van der Waals surface area contributed by atoms with Gasteiger partial charge in [-0.1, -0.05) is 11.6 Å². The predicted octanol–water partition coefficient (Wildman–Crippen LogP) is 4.37. The molecule has 26 heavy (non-hydrogen) atoms. The van der Waals surface area contributed by atoms with Gasteiger partial charge in [-0.15, -0.1) is 10.2 Å². The Labute approximate surface area is 160 Å². The molecule has 0 atom stereocenters. The largest absolute Gasteiger partial charge is 0.373 e. The minimum Gasteiger partial charge on any atom is -0.373 e. The van der Waals surface area contributed by atoms with Crippen molar-refractivity contribution in [1.82, 2.24) is 20.1 Å². The molecule has 6 heteroatoms. The van der Waals surface area contributed by atoms with E-state index in [1.165, 1.54) is 5.56 Å². The molecule has 1 aromatic carbocycles. The van der Waals surface area contributed by atoms with E-state index < -0.39 is 0 Å². The second-order valence-corrected chi connectivity index (χ2v) is 8.83. The first kappa shape index (κ1) is 18.0. The first-order chi connectivity index (χ1) is 12.4. The van der Waals surface area contributed by atoms with E-state index in [1.54, 1.807) is 0 Å². The van der Waals surface area contributed by atoms with Crippen molar-refractivity contribution in [3.05, 3.63) is 40.4 Å². The molecule has 2 aliphatic rings. The van der Waals surface area contributed by atoms with Crippen LogP contribution in [0.3, 0.4) is 0 Å². The van der Waals surface area contributed by atoms with E-state index in [9.17, 15) is 0 Å². The number of rotatable bonds is 2. The number of halogens is 1. The van der Waals surface area contributed by atoms with Gasteiger partial charge in [0.2, 0.25) is 0 Å². The fraction of sp³-hybridized carbons (Fsp3) is 0.600. The van der Waals surface area contributed by atoms with Gasteiger partial charge in [-0.2, -0.15) is 0 Å². The van der Waals surface area contributed by atoms with Crippen LogP contribution in [0.25, 0.3) is 5.69 Å². The lowest BCUT2D eigenvalue weighted by Crippen LogP contribution is -2.30. The highest BCUT2D eigenvalue weighted by atomic mass is 35.5. The van der Waals surface area contributed by atoms with Gasteiger partial charge in [-0.3, -0.25) is 4.57 Å². The Kier molecular flexibility index (Phi) is 4.80. The zero-order valence-electron chi connectivity index (χ0n) is 15.8. The van der Waals surface area contributed by atoms with Gasteiger partial charge in [0.25, 0.3) is 0 Å². The van der Waals surface area contributed by atoms with Gasteiger partial charge in [-0.05, 0) is 70.2 Å². The first-order valence-corrected chi connectivity index (χ1v) is 9.90. The van der Waals surface area contributed by atoms with E-state index in [1.807, 2.05) is 12.1 Å². The standard InChI is InChI=1S/C20H27ClN4O/c1-20(2,3)26-16-7-4-13(5-8-16)19-24-23-18-12-22-11-14-10-15(21)6-9-17(14)25(18)19/h6,9-10,13,16,22H,4-5,7-8,11-12H2,1-3H3. The average Bonchev–Trinajstić information content (AvgIpc) is 2.90. The Balaban J connectivity index is 1.59. The van der Waals surface area contributed by atoms with Crippen LogP contribution in [-0.4, -0.2) is 26.5 Å². The summed E-state index contributed by atoms with van der Waals surface area (Å²) >= 11 is 6.21. The summed E-state index contributed by atoms with van der Waals surface area (Å²) in [5, 5.41) is 13.3. The second kappa shape index (κ2) is 6.95. The number of hydrogen-bond donors (Lipinski definition) is 1. The van der Waals surface area contributed by atoms with Gasteiger partial charge in [0.05, 0.1) is 23.9 Å². The van der Waals surface area contributed by atoms with Crippen molar-refractivity contribution in [2.45, 2.75) is 77.2 Å². The molecule has 0 unspecified atom stereocenters. The van der Waals surface area contributed by atoms with E-state index in [-0.39, 0.29) is 5.60 Å². The van der Waals surface area contributed by atoms with E-state index in [2.05, 4.69) is 46.9 Å². The van der Waals surface area contributed by atoms with Gasteiger partial charge >= 0.3 is 0 Å². The molecule has 2 aromatic rings. The molecule has 1 aliphatic carbocycles. The summed E-state index contributed by atoms with van der Waals surface area (Å²) in [6.45, 7) is 7.91. The Bertz CT molecular complexity index is 788. The number of nitrogens with zero attached hydrogens (tertiary/aromatic N) is 3. The quantitative estimate of drug-likeness (QED) is 0.848. The fourth-order valence-corrected chi connectivity index (χ4v) is 4.33. The molecular formula is C20H27ClN4O. The maximum atomic E-state index is 6.21. The number of fused-ring (bicyclic) bond motifs is 3. The molecule has 5 nitrogen and oxygen atoms in total. The van der Waals surface area contributed by atoms with Crippen LogP contribution in [0.5, 0.6) is 0 Å². The SMILES string of the molecule is CC(C)(C)OC1CCC(c2nnc3n2-c2ccc(Cl)cc2CNC3)CC1. The summed E-state index contributed by atoms with van der Waals surface area (Å²) in [7, 11) is 0. The minimum atomic E-state index is -0.0761. The lowest BCUT2D eigenvalue weighted by molar-refractivity contribution is -0.0753. The zero-order valence-corrected chi connectivity index (χ0v) is 16.5. The smallest absolute Gasteiger partial charge is 0.151 e. The number of aromatic nitrogens is 3. The molecule has 2 heterocycles. The van der Waals surface area contributed by atoms with E-state index >= 15 is 0 Å². The number of nitrogens with one attached hydrogen (secondary N) is 1. The monoisotopic (exact) mass is 374 g/mol. The molecule has 1 N–H and O–H groups in total. The van der Waals surface area contributed by atoms with Crippen molar-refractivity contribution in [2.24, 2.45) is 0 Å².